The third-order valence-corrected chi connectivity index (χ3v) is 6.23. The summed E-state index contributed by atoms with van der Waals surface area (Å²) in [5.41, 5.74) is 4.28. The molecule has 1 aliphatic heterocycles. The number of benzene rings is 1. The van der Waals surface area contributed by atoms with Crippen LogP contribution in [0.15, 0.2) is 30.5 Å². The number of hydrogen-bond donors (Lipinski definition) is 2. The van der Waals surface area contributed by atoms with Crippen LogP contribution in [0, 0.1) is 0 Å². The monoisotopic (exact) mass is 436 g/mol. The molecule has 2 N–H and O–H groups in total. The van der Waals surface area contributed by atoms with Gasteiger partial charge in [-0.15, -0.1) is 0 Å². The molecule has 1 atom stereocenters. The van der Waals surface area contributed by atoms with E-state index in [1.165, 1.54) is 18.3 Å². The van der Waals surface area contributed by atoms with E-state index in [0.717, 1.165) is 40.4 Å². The number of ether oxygens (including phenoxy) is 1. The molecule has 5 rings (SSSR count). The Labute approximate surface area is 182 Å². The molecule has 1 aromatic carbocycles. The van der Waals surface area contributed by atoms with Crippen LogP contribution in [0.5, 0.6) is 0 Å². The van der Waals surface area contributed by atoms with Crippen LogP contribution in [0.1, 0.15) is 25.1 Å². The van der Waals surface area contributed by atoms with E-state index in [9.17, 15) is 9.59 Å². The van der Waals surface area contributed by atoms with Crippen LogP contribution in [0.2, 0.25) is 0 Å². The molecule has 31 heavy (non-hydrogen) atoms. The average molecular weight is 436 g/mol. The first-order valence-corrected chi connectivity index (χ1v) is 10.8. The predicted octanol–water partition coefficient (Wildman–Crippen LogP) is 3.75. The zero-order chi connectivity index (χ0) is 21.5. The SMILES string of the molecule is CC(=O)Nc1cccc(Nc2ncc3c(n2)-c2sc(N4C(=O)OCC4C)nc2CC3)c1. The van der Waals surface area contributed by atoms with Crippen molar-refractivity contribution in [3.05, 3.63) is 41.7 Å². The molecule has 1 saturated heterocycles. The van der Waals surface area contributed by atoms with E-state index in [4.69, 9.17) is 14.7 Å². The second-order valence-corrected chi connectivity index (χ2v) is 8.50. The van der Waals surface area contributed by atoms with Crippen LogP contribution in [0.4, 0.5) is 27.2 Å². The zero-order valence-corrected chi connectivity index (χ0v) is 17.8. The van der Waals surface area contributed by atoms with E-state index >= 15 is 0 Å². The molecular weight excluding hydrogens is 416 g/mol. The molecular formula is C21H20N6O3S. The molecule has 0 spiro atoms. The van der Waals surface area contributed by atoms with Gasteiger partial charge in [0.2, 0.25) is 11.9 Å². The van der Waals surface area contributed by atoms with Crippen LogP contribution in [-0.2, 0) is 22.4 Å². The predicted molar refractivity (Wildman–Crippen MR) is 118 cm³/mol. The lowest BCUT2D eigenvalue weighted by molar-refractivity contribution is -0.114. The summed E-state index contributed by atoms with van der Waals surface area (Å²) < 4.78 is 5.14. The first-order chi connectivity index (χ1) is 15.0. The fourth-order valence-electron chi connectivity index (χ4n) is 3.69. The second-order valence-electron chi connectivity index (χ2n) is 7.52. The Hall–Kier alpha value is -3.53. The minimum atomic E-state index is -0.358. The summed E-state index contributed by atoms with van der Waals surface area (Å²) >= 11 is 1.46. The van der Waals surface area contributed by atoms with Crippen molar-refractivity contribution < 1.29 is 14.3 Å². The number of nitrogens with zero attached hydrogens (tertiary/aromatic N) is 4. The molecule has 0 radical (unpaired) electrons. The maximum absolute atomic E-state index is 12.1. The summed E-state index contributed by atoms with van der Waals surface area (Å²) in [5.74, 6) is 0.322. The van der Waals surface area contributed by atoms with E-state index in [2.05, 4.69) is 15.6 Å². The largest absolute Gasteiger partial charge is 0.447 e. The molecule has 10 heteroatoms. The highest BCUT2D eigenvalue weighted by molar-refractivity contribution is 7.19. The molecule has 3 heterocycles. The molecule has 1 aliphatic carbocycles. The average Bonchev–Trinajstić information content (AvgIpc) is 3.30. The number of cyclic esters (lactones) is 1. The number of fused-ring (bicyclic) bond motifs is 3. The molecule has 1 fully saturated rings. The number of anilines is 4. The first-order valence-electron chi connectivity index (χ1n) is 9.94. The molecule has 3 aromatic rings. The number of carbonyl (C=O) groups is 2. The third-order valence-electron chi connectivity index (χ3n) is 5.13. The minimum absolute atomic E-state index is 0.0434. The Morgan fingerprint density at radius 2 is 2.10 bits per heavy atom. The van der Waals surface area contributed by atoms with Gasteiger partial charge >= 0.3 is 6.09 Å². The molecule has 2 aromatic heterocycles. The highest BCUT2D eigenvalue weighted by Gasteiger charge is 2.35. The first kappa shape index (κ1) is 19.4. The molecule has 9 nitrogen and oxygen atoms in total. The molecule has 2 aliphatic rings. The standard InChI is InChI=1S/C21H20N6O3S/c1-11-10-30-21(29)27(11)20-25-16-7-6-13-9-22-19(26-17(13)18(16)31-20)24-15-5-3-4-14(8-15)23-12(2)28/h3-5,8-9,11H,6-7,10H2,1-2H3,(H,23,28)(H,22,24,26). The lowest BCUT2D eigenvalue weighted by atomic mass is 10.00. The molecule has 158 valence electrons. The number of carbonyl (C=O) groups excluding carboxylic acids is 2. The number of aromatic nitrogens is 3. The fourth-order valence-corrected chi connectivity index (χ4v) is 4.92. The zero-order valence-electron chi connectivity index (χ0n) is 17.0. The van der Waals surface area contributed by atoms with Crippen molar-refractivity contribution in [2.45, 2.75) is 32.7 Å². The van der Waals surface area contributed by atoms with Gasteiger partial charge in [0.25, 0.3) is 0 Å². The summed E-state index contributed by atoms with van der Waals surface area (Å²) in [6.07, 6.45) is 3.05. The van der Waals surface area contributed by atoms with Crippen LogP contribution in [-0.4, -0.2) is 39.6 Å². The van der Waals surface area contributed by atoms with Crippen LogP contribution in [0.3, 0.4) is 0 Å². The van der Waals surface area contributed by atoms with Gasteiger partial charge in [0.15, 0.2) is 5.13 Å². The summed E-state index contributed by atoms with van der Waals surface area (Å²) in [4.78, 5) is 39.9. The normalized spacial score (nSPS) is 17.0. The molecule has 0 bridgehead atoms. The van der Waals surface area contributed by atoms with Gasteiger partial charge in [-0.25, -0.2) is 24.6 Å². The third kappa shape index (κ3) is 3.70. The summed E-state index contributed by atoms with van der Waals surface area (Å²) in [5, 5.41) is 6.60. The van der Waals surface area contributed by atoms with Gasteiger partial charge in [-0.3, -0.25) is 4.79 Å². The van der Waals surface area contributed by atoms with Crippen molar-refractivity contribution >= 4 is 45.8 Å². The number of amides is 2. The van der Waals surface area contributed by atoms with Crippen LogP contribution < -0.4 is 15.5 Å². The van der Waals surface area contributed by atoms with Gasteiger partial charge in [-0.1, -0.05) is 17.4 Å². The lowest BCUT2D eigenvalue weighted by Gasteiger charge is -2.15. The van der Waals surface area contributed by atoms with E-state index in [-0.39, 0.29) is 18.0 Å². The summed E-state index contributed by atoms with van der Waals surface area (Å²) in [6.45, 7) is 3.78. The van der Waals surface area contributed by atoms with Gasteiger partial charge in [0, 0.05) is 24.5 Å². The Morgan fingerprint density at radius 3 is 2.87 bits per heavy atom. The number of nitrogens with one attached hydrogen (secondary N) is 2. The van der Waals surface area contributed by atoms with Gasteiger partial charge in [-0.2, -0.15) is 0 Å². The smallest absolute Gasteiger partial charge is 0.416 e. The number of hydrogen-bond acceptors (Lipinski definition) is 8. The van der Waals surface area contributed by atoms with Crippen molar-refractivity contribution in [3.63, 3.8) is 0 Å². The highest BCUT2D eigenvalue weighted by atomic mass is 32.1. The van der Waals surface area contributed by atoms with Crippen LogP contribution >= 0.6 is 11.3 Å². The Balaban J connectivity index is 1.45. The topological polar surface area (TPSA) is 109 Å². The Morgan fingerprint density at radius 1 is 1.26 bits per heavy atom. The Kier molecular flexibility index (Phi) is 4.78. The lowest BCUT2D eigenvalue weighted by Crippen LogP contribution is -2.30. The summed E-state index contributed by atoms with van der Waals surface area (Å²) in [7, 11) is 0. The molecule has 0 saturated carbocycles. The minimum Gasteiger partial charge on any atom is -0.447 e. The maximum Gasteiger partial charge on any atom is 0.416 e. The van der Waals surface area contributed by atoms with Crippen molar-refractivity contribution in [2.24, 2.45) is 0 Å². The number of aryl methyl sites for hydroxylation is 2. The number of thiazole rings is 1. The second kappa shape index (κ2) is 7.62. The van der Waals surface area contributed by atoms with E-state index in [1.807, 2.05) is 37.4 Å². The molecule has 2 amide bonds. The summed E-state index contributed by atoms with van der Waals surface area (Å²) in [6, 6.07) is 7.31. The Bertz CT molecular complexity index is 1190. The van der Waals surface area contributed by atoms with E-state index in [0.29, 0.717) is 23.4 Å². The molecule has 1 unspecified atom stereocenters. The van der Waals surface area contributed by atoms with Crippen molar-refractivity contribution in [1.29, 1.82) is 0 Å². The maximum atomic E-state index is 12.1. The van der Waals surface area contributed by atoms with Gasteiger partial charge in [-0.05, 0) is 43.5 Å². The fraction of sp³-hybridized carbons (Fsp3) is 0.286. The van der Waals surface area contributed by atoms with E-state index in [1.54, 1.807) is 4.90 Å². The van der Waals surface area contributed by atoms with Gasteiger partial charge in [0.1, 0.15) is 6.61 Å². The van der Waals surface area contributed by atoms with Crippen molar-refractivity contribution in [1.82, 2.24) is 15.0 Å². The number of rotatable bonds is 4. The quantitative estimate of drug-likeness (QED) is 0.641. The van der Waals surface area contributed by atoms with E-state index < -0.39 is 0 Å². The van der Waals surface area contributed by atoms with Crippen molar-refractivity contribution in [3.8, 4) is 10.6 Å². The van der Waals surface area contributed by atoms with Gasteiger partial charge in [0.05, 0.1) is 22.3 Å². The van der Waals surface area contributed by atoms with Crippen LogP contribution in [0.25, 0.3) is 10.6 Å². The van der Waals surface area contributed by atoms with Gasteiger partial charge < -0.3 is 15.4 Å². The van der Waals surface area contributed by atoms with Crippen molar-refractivity contribution in [2.75, 3.05) is 22.1 Å². The highest BCUT2D eigenvalue weighted by Crippen LogP contribution is 2.41.